The van der Waals surface area contributed by atoms with Crippen LogP contribution in [-0.4, -0.2) is 32.1 Å². The van der Waals surface area contributed by atoms with Crippen LogP contribution in [0, 0.1) is 0 Å². The maximum Gasteiger partial charge on any atom is 0.154 e. The molecule has 1 aliphatic rings. The SMILES string of the molecule is CCC(N)Cc1ccc(OC2CCS(=O)(=O)C2)c(Cl)c1. The van der Waals surface area contributed by atoms with Crippen molar-refractivity contribution in [1.82, 2.24) is 0 Å². The standard InChI is InChI=1S/C14H20ClNO3S/c1-2-11(16)7-10-3-4-14(13(15)8-10)19-12-5-6-20(17,18)9-12/h3-4,8,11-12H,2,5-7,9,16H2,1H3. The van der Waals surface area contributed by atoms with Gasteiger partial charge >= 0.3 is 0 Å². The third-order valence-corrected chi connectivity index (χ3v) is 5.54. The van der Waals surface area contributed by atoms with Gasteiger partial charge in [-0.15, -0.1) is 0 Å². The van der Waals surface area contributed by atoms with Crippen molar-refractivity contribution in [3.8, 4) is 5.75 Å². The molecule has 20 heavy (non-hydrogen) atoms. The first-order valence-electron chi connectivity index (χ1n) is 6.80. The van der Waals surface area contributed by atoms with Crippen molar-refractivity contribution in [2.75, 3.05) is 11.5 Å². The molecule has 2 N–H and O–H groups in total. The first-order valence-corrected chi connectivity index (χ1v) is 9.00. The molecule has 2 rings (SSSR count). The van der Waals surface area contributed by atoms with Crippen LogP contribution >= 0.6 is 11.6 Å². The molecule has 112 valence electrons. The molecule has 1 aromatic rings. The fraction of sp³-hybridized carbons (Fsp3) is 0.571. The summed E-state index contributed by atoms with van der Waals surface area (Å²) >= 11 is 6.19. The lowest BCUT2D eigenvalue weighted by Gasteiger charge is -2.15. The van der Waals surface area contributed by atoms with E-state index in [0.29, 0.717) is 17.2 Å². The minimum absolute atomic E-state index is 0.0752. The Morgan fingerprint density at radius 1 is 1.50 bits per heavy atom. The molecule has 1 heterocycles. The Morgan fingerprint density at radius 2 is 2.25 bits per heavy atom. The van der Waals surface area contributed by atoms with Crippen LogP contribution in [0.4, 0.5) is 0 Å². The summed E-state index contributed by atoms with van der Waals surface area (Å²) in [6.45, 7) is 2.05. The maximum atomic E-state index is 11.4. The maximum absolute atomic E-state index is 11.4. The van der Waals surface area contributed by atoms with E-state index in [4.69, 9.17) is 22.1 Å². The summed E-state index contributed by atoms with van der Waals surface area (Å²) in [6, 6.07) is 5.69. The summed E-state index contributed by atoms with van der Waals surface area (Å²) in [5.74, 6) is 0.812. The quantitative estimate of drug-likeness (QED) is 0.903. The summed E-state index contributed by atoms with van der Waals surface area (Å²) in [5, 5.41) is 0.509. The molecule has 0 spiro atoms. The number of halogens is 1. The van der Waals surface area contributed by atoms with Crippen LogP contribution in [0.5, 0.6) is 5.75 Å². The second-order valence-electron chi connectivity index (χ2n) is 5.28. The molecule has 0 aromatic heterocycles. The van der Waals surface area contributed by atoms with Gasteiger partial charge in [-0.05, 0) is 37.0 Å². The van der Waals surface area contributed by atoms with Gasteiger partial charge in [-0.1, -0.05) is 24.6 Å². The highest BCUT2D eigenvalue weighted by Crippen LogP contribution is 2.29. The number of rotatable bonds is 5. The summed E-state index contributed by atoms with van der Waals surface area (Å²) in [4.78, 5) is 0. The zero-order chi connectivity index (χ0) is 14.8. The Labute approximate surface area is 125 Å². The average molecular weight is 318 g/mol. The first-order chi connectivity index (χ1) is 9.39. The molecule has 4 nitrogen and oxygen atoms in total. The number of ether oxygens (including phenoxy) is 1. The third kappa shape index (κ3) is 4.11. The number of sulfone groups is 1. The van der Waals surface area contributed by atoms with Gasteiger partial charge in [0.2, 0.25) is 0 Å². The number of nitrogens with two attached hydrogens (primary N) is 1. The highest BCUT2D eigenvalue weighted by molar-refractivity contribution is 7.91. The van der Waals surface area contributed by atoms with Gasteiger partial charge in [0.25, 0.3) is 0 Å². The smallest absolute Gasteiger partial charge is 0.154 e. The van der Waals surface area contributed by atoms with E-state index >= 15 is 0 Å². The molecule has 1 aromatic carbocycles. The zero-order valence-electron chi connectivity index (χ0n) is 11.5. The van der Waals surface area contributed by atoms with Crippen LogP contribution in [0.2, 0.25) is 5.02 Å². The molecule has 6 heteroatoms. The van der Waals surface area contributed by atoms with Crippen LogP contribution in [-0.2, 0) is 16.3 Å². The van der Waals surface area contributed by atoms with Crippen molar-refractivity contribution in [2.45, 2.75) is 38.3 Å². The average Bonchev–Trinajstić information content (AvgIpc) is 2.72. The molecule has 1 saturated heterocycles. The summed E-state index contributed by atoms with van der Waals surface area (Å²) in [6.07, 6.45) is 1.92. The molecular weight excluding hydrogens is 298 g/mol. The highest BCUT2D eigenvalue weighted by atomic mass is 35.5. The van der Waals surface area contributed by atoms with Crippen LogP contribution in [0.25, 0.3) is 0 Å². The lowest BCUT2D eigenvalue weighted by Crippen LogP contribution is -2.21. The Balaban J connectivity index is 2.03. The molecule has 0 bridgehead atoms. The van der Waals surface area contributed by atoms with Gasteiger partial charge in [0.15, 0.2) is 9.84 Å². The minimum atomic E-state index is -2.94. The van der Waals surface area contributed by atoms with Gasteiger partial charge in [0, 0.05) is 6.04 Å². The Bertz CT molecular complexity index is 574. The van der Waals surface area contributed by atoms with E-state index in [0.717, 1.165) is 18.4 Å². The summed E-state index contributed by atoms with van der Waals surface area (Å²) in [5.41, 5.74) is 6.98. The molecule has 0 saturated carbocycles. The van der Waals surface area contributed by atoms with Gasteiger partial charge in [0.1, 0.15) is 11.9 Å². The predicted molar refractivity (Wildman–Crippen MR) is 81.1 cm³/mol. The monoisotopic (exact) mass is 317 g/mol. The van der Waals surface area contributed by atoms with Crippen molar-refractivity contribution >= 4 is 21.4 Å². The van der Waals surface area contributed by atoms with E-state index in [2.05, 4.69) is 0 Å². The lowest BCUT2D eigenvalue weighted by atomic mass is 10.0. The largest absolute Gasteiger partial charge is 0.488 e. The van der Waals surface area contributed by atoms with Gasteiger partial charge in [-0.25, -0.2) is 8.42 Å². The summed E-state index contributed by atoms with van der Waals surface area (Å²) in [7, 11) is -2.94. The number of benzene rings is 1. The molecule has 2 atom stereocenters. The number of hydrogen-bond donors (Lipinski definition) is 1. The minimum Gasteiger partial charge on any atom is -0.488 e. The van der Waals surface area contributed by atoms with Crippen LogP contribution in [0.1, 0.15) is 25.3 Å². The second-order valence-corrected chi connectivity index (χ2v) is 7.92. The molecular formula is C14H20ClNO3S. The van der Waals surface area contributed by atoms with Gasteiger partial charge < -0.3 is 10.5 Å². The third-order valence-electron chi connectivity index (χ3n) is 3.50. The van der Waals surface area contributed by atoms with Crippen molar-refractivity contribution in [3.05, 3.63) is 28.8 Å². The molecule has 1 fully saturated rings. The van der Waals surface area contributed by atoms with Crippen molar-refractivity contribution in [3.63, 3.8) is 0 Å². The fourth-order valence-electron chi connectivity index (χ4n) is 2.25. The highest BCUT2D eigenvalue weighted by Gasteiger charge is 2.29. The van der Waals surface area contributed by atoms with Crippen LogP contribution in [0.3, 0.4) is 0 Å². The van der Waals surface area contributed by atoms with Gasteiger partial charge in [0.05, 0.1) is 16.5 Å². The fourth-order valence-corrected chi connectivity index (χ4v) is 4.08. The summed E-state index contributed by atoms with van der Waals surface area (Å²) < 4.78 is 28.5. The van der Waals surface area contributed by atoms with E-state index in [1.165, 1.54) is 0 Å². The van der Waals surface area contributed by atoms with Crippen molar-refractivity contribution < 1.29 is 13.2 Å². The van der Waals surface area contributed by atoms with Crippen molar-refractivity contribution in [2.24, 2.45) is 5.73 Å². The van der Waals surface area contributed by atoms with Crippen LogP contribution < -0.4 is 10.5 Å². The number of hydrogen-bond acceptors (Lipinski definition) is 4. The Hall–Kier alpha value is -0.780. The van der Waals surface area contributed by atoms with E-state index in [1.807, 2.05) is 19.1 Å². The molecule has 0 aliphatic carbocycles. The topological polar surface area (TPSA) is 69.4 Å². The molecule has 0 radical (unpaired) electrons. The van der Waals surface area contributed by atoms with E-state index in [1.54, 1.807) is 6.07 Å². The second kappa shape index (κ2) is 6.33. The first kappa shape index (κ1) is 15.6. The van der Waals surface area contributed by atoms with Crippen molar-refractivity contribution in [1.29, 1.82) is 0 Å². The normalized spacial score (nSPS) is 22.6. The van der Waals surface area contributed by atoms with E-state index in [-0.39, 0.29) is 23.7 Å². The van der Waals surface area contributed by atoms with Gasteiger partial charge in [-0.2, -0.15) is 0 Å². The van der Waals surface area contributed by atoms with E-state index in [9.17, 15) is 8.42 Å². The lowest BCUT2D eigenvalue weighted by molar-refractivity contribution is 0.229. The molecule has 0 amide bonds. The predicted octanol–water partition coefficient (Wildman–Crippen LogP) is 2.19. The molecule has 1 aliphatic heterocycles. The van der Waals surface area contributed by atoms with Crippen LogP contribution in [0.15, 0.2) is 18.2 Å². The van der Waals surface area contributed by atoms with E-state index < -0.39 is 9.84 Å². The van der Waals surface area contributed by atoms with Gasteiger partial charge in [-0.3, -0.25) is 0 Å². The molecule has 2 unspecified atom stereocenters. The Kier molecular flexibility index (Phi) is 4.94. The zero-order valence-corrected chi connectivity index (χ0v) is 13.1. The Morgan fingerprint density at radius 3 is 2.80 bits per heavy atom.